The number of nitrogens with zero attached hydrogens (tertiary/aromatic N) is 3. The van der Waals surface area contributed by atoms with Crippen LogP contribution in [-0.4, -0.2) is 26.5 Å². The number of aromatic nitrogens is 3. The molecule has 0 radical (unpaired) electrons. The van der Waals surface area contributed by atoms with Crippen LogP contribution in [0.15, 0.2) is 42.6 Å². The van der Waals surface area contributed by atoms with E-state index in [0.717, 1.165) is 35.5 Å². The Balaban J connectivity index is 1.79. The van der Waals surface area contributed by atoms with Crippen molar-refractivity contribution in [1.29, 1.82) is 0 Å². The third kappa shape index (κ3) is 4.06. The number of hydrogen-bond donors (Lipinski definition) is 1. The lowest BCUT2D eigenvalue weighted by atomic mass is 9.95. The number of carbonyl (C=O) groups is 1. The van der Waals surface area contributed by atoms with Crippen LogP contribution in [0, 0.1) is 13.8 Å². The summed E-state index contributed by atoms with van der Waals surface area (Å²) in [6, 6.07) is 11.7. The van der Waals surface area contributed by atoms with Crippen LogP contribution in [-0.2, 0) is 0 Å². The van der Waals surface area contributed by atoms with Gasteiger partial charge in [0.25, 0.3) is 5.91 Å². The highest BCUT2D eigenvalue weighted by molar-refractivity contribution is 6.30. The van der Waals surface area contributed by atoms with Gasteiger partial charge in [0, 0.05) is 22.9 Å². The van der Waals surface area contributed by atoms with Gasteiger partial charge in [0.1, 0.15) is 11.4 Å². The van der Waals surface area contributed by atoms with E-state index in [2.05, 4.69) is 10.3 Å². The average molecular weight is 409 g/mol. The second-order valence-corrected chi connectivity index (χ2v) is 8.09. The molecule has 1 aliphatic carbocycles. The number of rotatable bonds is 4. The zero-order valence-corrected chi connectivity index (χ0v) is 17.5. The predicted octanol–water partition coefficient (Wildman–Crippen LogP) is 5.27. The Morgan fingerprint density at radius 3 is 2.52 bits per heavy atom. The molecule has 2 heterocycles. The van der Waals surface area contributed by atoms with E-state index in [1.165, 1.54) is 19.3 Å². The van der Waals surface area contributed by atoms with Crippen molar-refractivity contribution in [3.8, 4) is 17.2 Å². The van der Waals surface area contributed by atoms with Crippen molar-refractivity contribution >= 4 is 17.5 Å². The van der Waals surface area contributed by atoms with Crippen molar-refractivity contribution in [2.45, 2.75) is 52.0 Å². The van der Waals surface area contributed by atoms with Gasteiger partial charge in [-0.3, -0.25) is 14.3 Å². The minimum atomic E-state index is -0.114. The standard InChI is InChI=1S/C23H25ClN4O/c1-15-7-6-14-25-20(15)22-27-21(23(29)26-18-8-4-3-5-9-18)16(2)28(22)19-12-10-17(24)11-13-19/h6-7,10-14,18H,3-5,8-9H2,1-2H3,(H,26,29). The van der Waals surface area contributed by atoms with Gasteiger partial charge in [0.15, 0.2) is 5.82 Å². The number of carbonyl (C=O) groups excluding carboxylic acids is 1. The first kappa shape index (κ1) is 19.6. The number of aryl methyl sites for hydroxylation is 1. The normalized spacial score (nSPS) is 14.7. The summed E-state index contributed by atoms with van der Waals surface area (Å²) in [4.78, 5) is 22.4. The van der Waals surface area contributed by atoms with E-state index in [4.69, 9.17) is 16.6 Å². The van der Waals surface area contributed by atoms with Gasteiger partial charge in [0.05, 0.1) is 5.69 Å². The molecule has 0 bridgehead atoms. The Kier molecular flexibility index (Phi) is 5.67. The highest BCUT2D eigenvalue weighted by atomic mass is 35.5. The molecule has 0 unspecified atom stereocenters. The van der Waals surface area contributed by atoms with E-state index in [0.29, 0.717) is 16.5 Å². The molecule has 29 heavy (non-hydrogen) atoms. The van der Waals surface area contributed by atoms with Crippen molar-refractivity contribution < 1.29 is 4.79 Å². The lowest BCUT2D eigenvalue weighted by Gasteiger charge is -2.22. The molecule has 0 atom stereocenters. The lowest BCUT2D eigenvalue weighted by molar-refractivity contribution is 0.0922. The van der Waals surface area contributed by atoms with Crippen LogP contribution in [0.4, 0.5) is 0 Å². The molecular weight excluding hydrogens is 384 g/mol. The van der Waals surface area contributed by atoms with Crippen LogP contribution in [0.25, 0.3) is 17.2 Å². The smallest absolute Gasteiger partial charge is 0.272 e. The van der Waals surface area contributed by atoms with Gasteiger partial charge in [-0.2, -0.15) is 0 Å². The molecule has 1 aromatic carbocycles. The summed E-state index contributed by atoms with van der Waals surface area (Å²) in [7, 11) is 0. The van der Waals surface area contributed by atoms with E-state index in [9.17, 15) is 4.79 Å². The van der Waals surface area contributed by atoms with Crippen LogP contribution in [0.3, 0.4) is 0 Å². The quantitative estimate of drug-likeness (QED) is 0.639. The van der Waals surface area contributed by atoms with Crippen molar-refractivity contribution in [2.75, 3.05) is 0 Å². The molecule has 2 aromatic heterocycles. The van der Waals surface area contributed by atoms with Crippen LogP contribution < -0.4 is 5.32 Å². The number of amides is 1. The fourth-order valence-corrected chi connectivity index (χ4v) is 4.13. The number of pyridine rings is 1. The highest BCUT2D eigenvalue weighted by Crippen LogP contribution is 2.28. The van der Waals surface area contributed by atoms with Crippen LogP contribution in [0.1, 0.15) is 53.8 Å². The summed E-state index contributed by atoms with van der Waals surface area (Å²) in [5.74, 6) is 0.550. The Morgan fingerprint density at radius 1 is 1.10 bits per heavy atom. The van der Waals surface area contributed by atoms with Crippen molar-refractivity contribution in [3.05, 3.63) is 64.6 Å². The Bertz CT molecular complexity index is 1020. The summed E-state index contributed by atoms with van der Waals surface area (Å²) in [6.45, 7) is 3.93. The Hall–Kier alpha value is -2.66. The number of halogens is 1. The maximum atomic E-state index is 13.1. The van der Waals surface area contributed by atoms with Crippen LogP contribution >= 0.6 is 11.6 Å². The fraction of sp³-hybridized carbons (Fsp3) is 0.348. The molecule has 150 valence electrons. The molecule has 0 spiro atoms. The molecule has 0 aliphatic heterocycles. The van der Waals surface area contributed by atoms with E-state index >= 15 is 0 Å². The summed E-state index contributed by atoms with van der Waals surface area (Å²) < 4.78 is 1.99. The van der Waals surface area contributed by atoms with Gasteiger partial charge in [-0.25, -0.2) is 4.98 Å². The SMILES string of the molecule is Cc1cccnc1-c1nc(C(=O)NC2CCCCC2)c(C)n1-c1ccc(Cl)cc1. The molecule has 4 rings (SSSR count). The maximum absolute atomic E-state index is 13.1. The van der Waals surface area contributed by atoms with Gasteiger partial charge < -0.3 is 5.32 Å². The third-order valence-electron chi connectivity index (χ3n) is 5.57. The Labute approximate surface area is 176 Å². The molecule has 3 aromatic rings. The van der Waals surface area contributed by atoms with Crippen LogP contribution in [0.5, 0.6) is 0 Å². The van der Waals surface area contributed by atoms with E-state index in [1.54, 1.807) is 6.20 Å². The minimum absolute atomic E-state index is 0.114. The van der Waals surface area contributed by atoms with E-state index < -0.39 is 0 Å². The Morgan fingerprint density at radius 2 is 1.83 bits per heavy atom. The summed E-state index contributed by atoms with van der Waals surface area (Å²) in [5, 5.41) is 3.85. The third-order valence-corrected chi connectivity index (χ3v) is 5.82. The summed E-state index contributed by atoms with van der Waals surface area (Å²) >= 11 is 6.08. The average Bonchev–Trinajstić information content (AvgIpc) is 3.07. The monoisotopic (exact) mass is 408 g/mol. The number of nitrogens with one attached hydrogen (secondary N) is 1. The highest BCUT2D eigenvalue weighted by Gasteiger charge is 2.25. The molecule has 1 saturated carbocycles. The molecule has 1 N–H and O–H groups in total. The zero-order valence-electron chi connectivity index (χ0n) is 16.8. The van der Waals surface area contributed by atoms with Crippen LogP contribution in [0.2, 0.25) is 5.02 Å². The first-order chi connectivity index (χ1) is 14.0. The fourth-order valence-electron chi connectivity index (χ4n) is 4.00. The molecule has 0 saturated heterocycles. The maximum Gasteiger partial charge on any atom is 0.272 e. The predicted molar refractivity (Wildman–Crippen MR) is 116 cm³/mol. The van der Waals surface area contributed by atoms with Gasteiger partial charge in [-0.05, 0) is 62.6 Å². The zero-order chi connectivity index (χ0) is 20.4. The van der Waals surface area contributed by atoms with E-state index in [1.807, 2.05) is 54.8 Å². The molecular formula is C23H25ClN4O. The largest absolute Gasteiger partial charge is 0.348 e. The van der Waals surface area contributed by atoms with Gasteiger partial charge >= 0.3 is 0 Å². The molecule has 1 aliphatic rings. The lowest BCUT2D eigenvalue weighted by Crippen LogP contribution is -2.36. The molecule has 1 fully saturated rings. The molecule has 1 amide bonds. The second kappa shape index (κ2) is 8.37. The van der Waals surface area contributed by atoms with Gasteiger partial charge in [0.2, 0.25) is 0 Å². The van der Waals surface area contributed by atoms with Crippen molar-refractivity contribution in [1.82, 2.24) is 19.9 Å². The minimum Gasteiger partial charge on any atom is -0.348 e. The number of benzene rings is 1. The first-order valence-corrected chi connectivity index (χ1v) is 10.5. The molecule has 5 nitrogen and oxygen atoms in total. The summed E-state index contributed by atoms with van der Waals surface area (Å²) in [6.07, 6.45) is 7.41. The van der Waals surface area contributed by atoms with E-state index in [-0.39, 0.29) is 11.9 Å². The molecule has 6 heteroatoms. The van der Waals surface area contributed by atoms with Crippen molar-refractivity contribution in [3.63, 3.8) is 0 Å². The number of imidazole rings is 1. The van der Waals surface area contributed by atoms with Gasteiger partial charge in [-0.1, -0.05) is 36.9 Å². The first-order valence-electron chi connectivity index (χ1n) is 10.1. The number of hydrogen-bond acceptors (Lipinski definition) is 3. The topological polar surface area (TPSA) is 59.8 Å². The van der Waals surface area contributed by atoms with Crippen molar-refractivity contribution in [2.24, 2.45) is 0 Å². The summed E-state index contributed by atoms with van der Waals surface area (Å²) in [5.41, 5.74) is 3.91. The second-order valence-electron chi connectivity index (χ2n) is 7.66. The van der Waals surface area contributed by atoms with Gasteiger partial charge in [-0.15, -0.1) is 0 Å².